The molecule has 1 N–H and O–H groups in total. The fraction of sp³-hybridized carbons (Fsp3) is 0.375. The van der Waals surface area contributed by atoms with Gasteiger partial charge in [0.2, 0.25) is 17.7 Å². The van der Waals surface area contributed by atoms with Crippen molar-refractivity contribution in [2.45, 2.75) is 31.3 Å². The summed E-state index contributed by atoms with van der Waals surface area (Å²) in [4.78, 5) is 55.2. The van der Waals surface area contributed by atoms with Crippen LogP contribution in [0.15, 0.2) is 30.3 Å². The SMILES string of the molecule is COc1cc(N2C(=O)C3C4CCCN4C4(C(=O)Nc5ccc(F)cc54)C3C2=O)c(C)cc1[N+](=O)[O-]. The van der Waals surface area contributed by atoms with Crippen LogP contribution in [0.4, 0.5) is 21.5 Å². The number of halogens is 1. The highest BCUT2D eigenvalue weighted by Crippen LogP contribution is 2.61. The first-order chi connectivity index (χ1) is 16.7. The third kappa shape index (κ3) is 2.53. The van der Waals surface area contributed by atoms with Gasteiger partial charge in [-0.15, -0.1) is 0 Å². The van der Waals surface area contributed by atoms with Gasteiger partial charge in [0.1, 0.15) is 11.4 Å². The lowest BCUT2D eigenvalue weighted by molar-refractivity contribution is -0.385. The van der Waals surface area contributed by atoms with Gasteiger partial charge in [-0.1, -0.05) is 0 Å². The van der Waals surface area contributed by atoms with Crippen molar-refractivity contribution >= 4 is 34.8 Å². The summed E-state index contributed by atoms with van der Waals surface area (Å²) in [7, 11) is 1.27. The number of nitro groups is 1. The minimum absolute atomic E-state index is 0.0866. The van der Waals surface area contributed by atoms with Crippen molar-refractivity contribution in [3.8, 4) is 5.75 Å². The van der Waals surface area contributed by atoms with Crippen LogP contribution < -0.4 is 15.0 Å². The standard InChI is InChI=1S/C24H21FN4O6/c1-11-8-17(29(33)34)18(35-2)10-16(11)28-21(30)19-15-4-3-7-27(15)24(20(19)22(28)31)13-9-12(25)5-6-14(13)26-23(24)32/h5-6,8-10,15,19-20H,3-4,7H2,1-2H3,(H,26,32). The first kappa shape index (κ1) is 21.7. The van der Waals surface area contributed by atoms with Crippen LogP contribution >= 0.6 is 0 Å². The Kier molecular flexibility index (Phi) is 4.38. The number of imide groups is 1. The van der Waals surface area contributed by atoms with Gasteiger partial charge in [-0.05, 0) is 50.1 Å². The number of anilines is 2. The van der Waals surface area contributed by atoms with Crippen molar-refractivity contribution in [3.63, 3.8) is 0 Å². The van der Waals surface area contributed by atoms with Crippen LogP contribution in [0.5, 0.6) is 5.75 Å². The average molecular weight is 480 g/mol. The van der Waals surface area contributed by atoms with Gasteiger partial charge in [0.15, 0.2) is 5.75 Å². The van der Waals surface area contributed by atoms with Gasteiger partial charge in [0, 0.05) is 29.4 Å². The number of nitrogens with one attached hydrogen (secondary N) is 1. The number of hydrogen-bond donors (Lipinski definition) is 1. The molecule has 0 saturated carbocycles. The normalized spacial score (nSPS) is 28.9. The van der Waals surface area contributed by atoms with Crippen molar-refractivity contribution < 1.29 is 28.4 Å². The van der Waals surface area contributed by atoms with Crippen LogP contribution in [0.1, 0.15) is 24.0 Å². The van der Waals surface area contributed by atoms with Gasteiger partial charge in [0.25, 0.3) is 0 Å². The highest BCUT2D eigenvalue weighted by molar-refractivity contribution is 6.26. The molecule has 180 valence electrons. The maximum absolute atomic E-state index is 14.4. The Hall–Kier alpha value is -3.86. The molecule has 4 aliphatic heterocycles. The lowest BCUT2D eigenvalue weighted by atomic mass is 9.75. The molecule has 0 aromatic heterocycles. The molecular weight excluding hydrogens is 459 g/mol. The van der Waals surface area contributed by atoms with Crippen molar-refractivity contribution in [1.29, 1.82) is 0 Å². The topological polar surface area (TPSA) is 122 Å². The number of nitro benzene ring substituents is 1. The predicted octanol–water partition coefficient (Wildman–Crippen LogP) is 2.48. The number of nitrogens with zero attached hydrogens (tertiary/aromatic N) is 3. The third-order valence-electron chi connectivity index (χ3n) is 7.89. The van der Waals surface area contributed by atoms with E-state index in [0.717, 1.165) is 11.3 Å². The zero-order valence-electron chi connectivity index (χ0n) is 18.9. The molecule has 1 spiro atoms. The van der Waals surface area contributed by atoms with E-state index in [1.165, 1.54) is 37.4 Å². The second kappa shape index (κ2) is 7.08. The zero-order chi connectivity index (χ0) is 24.8. The van der Waals surface area contributed by atoms with Crippen LogP contribution in [-0.2, 0) is 19.9 Å². The van der Waals surface area contributed by atoms with Gasteiger partial charge in [-0.25, -0.2) is 9.29 Å². The number of aryl methyl sites for hydroxylation is 1. The Morgan fingerprint density at radius 1 is 1.20 bits per heavy atom. The summed E-state index contributed by atoms with van der Waals surface area (Å²) < 4.78 is 19.5. The lowest BCUT2D eigenvalue weighted by Gasteiger charge is -2.36. The molecule has 4 atom stereocenters. The summed E-state index contributed by atoms with van der Waals surface area (Å²) in [5.74, 6) is -3.97. The highest BCUT2D eigenvalue weighted by atomic mass is 19.1. The fourth-order valence-corrected chi connectivity index (χ4v) is 6.62. The monoisotopic (exact) mass is 480 g/mol. The van der Waals surface area contributed by atoms with Gasteiger partial charge >= 0.3 is 5.69 Å². The van der Waals surface area contributed by atoms with E-state index in [9.17, 15) is 28.9 Å². The van der Waals surface area contributed by atoms with Gasteiger partial charge < -0.3 is 10.1 Å². The molecule has 35 heavy (non-hydrogen) atoms. The Labute approximate surface area is 198 Å². The molecule has 0 aliphatic carbocycles. The smallest absolute Gasteiger partial charge is 0.311 e. The maximum Gasteiger partial charge on any atom is 0.311 e. The summed E-state index contributed by atoms with van der Waals surface area (Å²) in [5.41, 5.74) is -0.472. The molecule has 10 nitrogen and oxygen atoms in total. The molecule has 4 aliphatic rings. The summed E-state index contributed by atoms with van der Waals surface area (Å²) >= 11 is 0. The Balaban J connectivity index is 1.54. The van der Waals surface area contributed by atoms with E-state index >= 15 is 0 Å². The second-order valence-electron chi connectivity index (χ2n) is 9.40. The van der Waals surface area contributed by atoms with Gasteiger partial charge in [0.05, 0.1) is 29.6 Å². The van der Waals surface area contributed by atoms with E-state index in [1.807, 2.05) is 4.90 Å². The number of carbonyl (C=O) groups is 3. The molecule has 3 fully saturated rings. The number of methoxy groups -OCH3 is 1. The van der Waals surface area contributed by atoms with Crippen LogP contribution in [0.3, 0.4) is 0 Å². The number of fused-ring (bicyclic) bond motifs is 7. The van der Waals surface area contributed by atoms with E-state index < -0.39 is 45.8 Å². The van der Waals surface area contributed by atoms with Gasteiger partial charge in [-0.3, -0.25) is 29.4 Å². The van der Waals surface area contributed by atoms with E-state index in [1.54, 1.807) is 6.92 Å². The van der Waals surface area contributed by atoms with E-state index in [0.29, 0.717) is 29.8 Å². The Morgan fingerprint density at radius 3 is 2.69 bits per heavy atom. The Morgan fingerprint density at radius 2 is 1.97 bits per heavy atom. The second-order valence-corrected chi connectivity index (χ2v) is 9.40. The lowest BCUT2D eigenvalue weighted by Crippen LogP contribution is -2.54. The molecule has 6 rings (SSSR count). The predicted molar refractivity (Wildman–Crippen MR) is 120 cm³/mol. The van der Waals surface area contributed by atoms with Crippen LogP contribution in [0, 0.1) is 34.7 Å². The highest BCUT2D eigenvalue weighted by Gasteiger charge is 2.74. The van der Waals surface area contributed by atoms with Crippen LogP contribution in [0.2, 0.25) is 0 Å². The van der Waals surface area contributed by atoms with Crippen LogP contribution in [0.25, 0.3) is 0 Å². The molecule has 4 unspecified atom stereocenters. The summed E-state index contributed by atoms with van der Waals surface area (Å²) in [6.45, 7) is 2.08. The van der Waals surface area contributed by atoms with Crippen molar-refractivity contribution in [2.75, 3.05) is 23.9 Å². The molecule has 3 saturated heterocycles. The van der Waals surface area contributed by atoms with Crippen LogP contribution in [-0.4, -0.2) is 47.2 Å². The number of amides is 3. The number of carbonyl (C=O) groups excluding carboxylic acids is 3. The van der Waals surface area contributed by atoms with Gasteiger partial charge in [-0.2, -0.15) is 0 Å². The minimum Gasteiger partial charge on any atom is -0.490 e. The first-order valence-corrected chi connectivity index (χ1v) is 11.3. The van der Waals surface area contributed by atoms with Crippen molar-refractivity contribution in [1.82, 2.24) is 4.90 Å². The summed E-state index contributed by atoms with van der Waals surface area (Å²) in [6.07, 6.45) is 1.36. The molecule has 0 radical (unpaired) electrons. The largest absolute Gasteiger partial charge is 0.490 e. The Bertz CT molecular complexity index is 1360. The first-order valence-electron chi connectivity index (χ1n) is 11.3. The fourth-order valence-electron chi connectivity index (χ4n) is 6.62. The number of hydrogen-bond acceptors (Lipinski definition) is 7. The molecular formula is C24H21FN4O6. The quantitative estimate of drug-likeness (QED) is 0.407. The zero-order valence-corrected chi connectivity index (χ0v) is 18.9. The summed E-state index contributed by atoms with van der Waals surface area (Å²) in [5, 5.41) is 14.2. The summed E-state index contributed by atoms with van der Waals surface area (Å²) in [6, 6.07) is 6.19. The maximum atomic E-state index is 14.4. The minimum atomic E-state index is -1.50. The van der Waals surface area contributed by atoms with E-state index in [-0.39, 0.29) is 23.2 Å². The number of ether oxygens (including phenoxy) is 1. The molecule has 4 heterocycles. The molecule has 2 aromatic rings. The van der Waals surface area contributed by atoms with E-state index in [4.69, 9.17) is 4.74 Å². The van der Waals surface area contributed by atoms with E-state index in [2.05, 4.69) is 5.32 Å². The van der Waals surface area contributed by atoms with Crippen molar-refractivity contribution in [3.05, 3.63) is 57.4 Å². The molecule has 3 amide bonds. The van der Waals surface area contributed by atoms with Crippen molar-refractivity contribution in [2.24, 2.45) is 11.8 Å². The molecule has 11 heteroatoms. The molecule has 0 bridgehead atoms. The molecule has 2 aromatic carbocycles. The number of rotatable bonds is 3. The third-order valence-corrected chi connectivity index (χ3v) is 7.89. The number of benzene rings is 2. The average Bonchev–Trinajstić information content (AvgIpc) is 3.52.